The number of rotatable bonds is 6. The fourth-order valence-corrected chi connectivity index (χ4v) is 4.01. The molecule has 1 aliphatic heterocycles. The number of para-hydroxylation sites is 2. The van der Waals surface area contributed by atoms with E-state index in [1.807, 2.05) is 37.3 Å². The second-order valence-corrected chi connectivity index (χ2v) is 8.09. The van der Waals surface area contributed by atoms with Gasteiger partial charge in [0.15, 0.2) is 0 Å². The van der Waals surface area contributed by atoms with Gasteiger partial charge in [0.1, 0.15) is 10.1 Å². The highest BCUT2D eigenvalue weighted by Crippen LogP contribution is 2.32. The molecule has 1 fully saturated rings. The zero-order valence-corrected chi connectivity index (χ0v) is 17.0. The van der Waals surface area contributed by atoms with Gasteiger partial charge >= 0.3 is 0 Å². The third kappa shape index (κ3) is 4.99. The van der Waals surface area contributed by atoms with E-state index in [1.165, 1.54) is 22.7 Å². The number of carbonyl (C=O) groups excluding carboxylic acids is 2. The summed E-state index contributed by atoms with van der Waals surface area (Å²) in [6, 6.07) is 14.5. The highest BCUT2D eigenvalue weighted by atomic mass is 32.2. The lowest BCUT2D eigenvalue weighted by molar-refractivity contribution is -0.122. The van der Waals surface area contributed by atoms with Gasteiger partial charge in [0.2, 0.25) is 5.91 Å². The van der Waals surface area contributed by atoms with Gasteiger partial charge in [-0.1, -0.05) is 65.9 Å². The quantitative estimate of drug-likeness (QED) is 0.420. The van der Waals surface area contributed by atoms with E-state index in [2.05, 4.69) is 5.32 Å². The standard InChI is InChI=1S/C21H20N2O3S2/c1-14-8-10-15(11-9-14)13-18-20(26)23(21(27)28-18)12-4-7-19(25)22-16-5-2-3-6-17(16)24/h2-3,5-6,8-11,13,24H,4,7,12H2,1H3,(H,22,25). The molecule has 2 N–H and O–H groups in total. The molecular formula is C21H20N2O3S2. The fourth-order valence-electron chi connectivity index (χ4n) is 2.70. The number of thiocarbonyl (C=S) groups is 1. The van der Waals surface area contributed by atoms with E-state index in [9.17, 15) is 14.7 Å². The Balaban J connectivity index is 1.54. The number of benzene rings is 2. The molecule has 1 aliphatic rings. The monoisotopic (exact) mass is 412 g/mol. The highest BCUT2D eigenvalue weighted by Gasteiger charge is 2.31. The average Bonchev–Trinajstić information content (AvgIpc) is 2.93. The van der Waals surface area contributed by atoms with Gasteiger partial charge in [0, 0.05) is 13.0 Å². The topological polar surface area (TPSA) is 69.6 Å². The summed E-state index contributed by atoms with van der Waals surface area (Å²) >= 11 is 6.61. The lowest BCUT2D eigenvalue weighted by Crippen LogP contribution is -2.29. The van der Waals surface area contributed by atoms with Crippen LogP contribution in [0.1, 0.15) is 24.0 Å². The molecule has 7 heteroatoms. The largest absolute Gasteiger partial charge is 0.506 e. The number of aryl methyl sites for hydroxylation is 1. The smallest absolute Gasteiger partial charge is 0.266 e. The number of nitrogens with one attached hydrogen (secondary N) is 1. The van der Waals surface area contributed by atoms with E-state index in [-0.39, 0.29) is 24.0 Å². The molecule has 0 aromatic heterocycles. The number of anilines is 1. The SMILES string of the molecule is Cc1ccc(C=C2SC(=S)N(CCCC(=O)Nc3ccccc3O)C2=O)cc1. The van der Waals surface area contributed by atoms with E-state index >= 15 is 0 Å². The summed E-state index contributed by atoms with van der Waals surface area (Å²) in [5.74, 6) is -0.326. The predicted molar refractivity (Wildman–Crippen MR) is 117 cm³/mol. The van der Waals surface area contributed by atoms with Crippen molar-refractivity contribution in [2.24, 2.45) is 0 Å². The molecule has 0 bridgehead atoms. The molecule has 0 aliphatic carbocycles. The molecular weight excluding hydrogens is 392 g/mol. The molecule has 0 spiro atoms. The Bertz CT molecular complexity index is 939. The van der Waals surface area contributed by atoms with Crippen molar-refractivity contribution in [3.05, 3.63) is 64.6 Å². The first-order valence-electron chi connectivity index (χ1n) is 8.84. The Labute approximate surface area is 173 Å². The first kappa shape index (κ1) is 20.1. The Morgan fingerprint density at radius 3 is 2.64 bits per heavy atom. The van der Waals surface area contributed by atoms with Crippen LogP contribution in [0.3, 0.4) is 0 Å². The fraction of sp³-hybridized carbons (Fsp3) is 0.190. The van der Waals surface area contributed by atoms with Crippen molar-refractivity contribution < 1.29 is 14.7 Å². The summed E-state index contributed by atoms with van der Waals surface area (Å²) in [6.45, 7) is 2.39. The lowest BCUT2D eigenvalue weighted by atomic mass is 10.1. The maximum absolute atomic E-state index is 12.6. The van der Waals surface area contributed by atoms with Crippen LogP contribution in [0.25, 0.3) is 6.08 Å². The van der Waals surface area contributed by atoms with Crippen molar-refractivity contribution in [2.45, 2.75) is 19.8 Å². The maximum Gasteiger partial charge on any atom is 0.266 e. The number of thioether (sulfide) groups is 1. The lowest BCUT2D eigenvalue weighted by Gasteiger charge is -2.14. The number of phenols is 1. The van der Waals surface area contributed by atoms with Crippen LogP contribution in [-0.4, -0.2) is 32.7 Å². The van der Waals surface area contributed by atoms with Crippen LogP contribution in [-0.2, 0) is 9.59 Å². The van der Waals surface area contributed by atoms with Crippen LogP contribution in [0, 0.1) is 6.92 Å². The first-order valence-corrected chi connectivity index (χ1v) is 10.1. The summed E-state index contributed by atoms with van der Waals surface area (Å²) in [5.41, 5.74) is 2.49. The minimum atomic E-state index is -0.220. The normalized spacial score (nSPS) is 15.3. The van der Waals surface area contributed by atoms with Crippen molar-refractivity contribution in [3.63, 3.8) is 0 Å². The van der Waals surface area contributed by atoms with Gasteiger partial charge in [-0.05, 0) is 37.1 Å². The Morgan fingerprint density at radius 1 is 1.21 bits per heavy atom. The number of carbonyl (C=O) groups is 2. The van der Waals surface area contributed by atoms with Crippen LogP contribution in [0.2, 0.25) is 0 Å². The third-order valence-corrected chi connectivity index (χ3v) is 5.59. The van der Waals surface area contributed by atoms with E-state index in [4.69, 9.17) is 12.2 Å². The molecule has 1 saturated heterocycles. The minimum Gasteiger partial charge on any atom is -0.506 e. The van der Waals surface area contributed by atoms with Gasteiger partial charge in [-0.3, -0.25) is 14.5 Å². The molecule has 2 aromatic carbocycles. The van der Waals surface area contributed by atoms with Gasteiger partial charge in [-0.15, -0.1) is 0 Å². The Morgan fingerprint density at radius 2 is 1.93 bits per heavy atom. The summed E-state index contributed by atoms with van der Waals surface area (Å²) in [4.78, 5) is 26.8. The zero-order chi connectivity index (χ0) is 20.1. The molecule has 28 heavy (non-hydrogen) atoms. The number of nitrogens with zero attached hydrogens (tertiary/aromatic N) is 1. The molecule has 0 radical (unpaired) electrons. The van der Waals surface area contributed by atoms with E-state index in [1.54, 1.807) is 18.2 Å². The van der Waals surface area contributed by atoms with Crippen molar-refractivity contribution in [1.82, 2.24) is 4.90 Å². The second-order valence-electron chi connectivity index (χ2n) is 6.41. The predicted octanol–water partition coefficient (Wildman–Crippen LogP) is 4.32. The maximum atomic E-state index is 12.6. The first-order chi connectivity index (χ1) is 13.4. The van der Waals surface area contributed by atoms with Crippen LogP contribution >= 0.6 is 24.0 Å². The van der Waals surface area contributed by atoms with E-state index < -0.39 is 0 Å². The van der Waals surface area contributed by atoms with Crippen molar-refractivity contribution in [3.8, 4) is 5.75 Å². The van der Waals surface area contributed by atoms with Crippen LogP contribution in [0.5, 0.6) is 5.75 Å². The Hall–Kier alpha value is -2.64. The summed E-state index contributed by atoms with van der Waals surface area (Å²) in [6.07, 6.45) is 2.54. The van der Waals surface area contributed by atoms with Crippen LogP contribution in [0.15, 0.2) is 53.4 Å². The third-order valence-electron chi connectivity index (χ3n) is 4.21. The van der Waals surface area contributed by atoms with Gasteiger partial charge < -0.3 is 10.4 Å². The van der Waals surface area contributed by atoms with Gasteiger partial charge in [-0.25, -0.2) is 0 Å². The molecule has 1 heterocycles. The Kier molecular flexibility index (Phi) is 6.49. The molecule has 3 rings (SSSR count). The number of phenolic OH excluding ortho intramolecular Hbond substituents is 1. The number of hydrogen-bond donors (Lipinski definition) is 2. The molecule has 0 atom stereocenters. The van der Waals surface area contributed by atoms with Crippen molar-refractivity contribution in [1.29, 1.82) is 0 Å². The molecule has 2 aromatic rings. The molecule has 144 valence electrons. The van der Waals surface area contributed by atoms with E-state index in [0.717, 1.165) is 11.1 Å². The van der Waals surface area contributed by atoms with Crippen molar-refractivity contribution in [2.75, 3.05) is 11.9 Å². The summed E-state index contributed by atoms with van der Waals surface area (Å²) < 4.78 is 0.504. The van der Waals surface area contributed by atoms with Gasteiger partial charge in [0.05, 0.1) is 10.6 Å². The molecule has 2 amide bonds. The molecule has 0 saturated carbocycles. The second kappa shape index (κ2) is 9.03. The number of amides is 2. The summed E-state index contributed by atoms with van der Waals surface area (Å²) in [5, 5.41) is 12.4. The van der Waals surface area contributed by atoms with Gasteiger partial charge in [-0.2, -0.15) is 0 Å². The molecule has 0 unspecified atom stereocenters. The zero-order valence-electron chi connectivity index (χ0n) is 15.3. The molecule has 5 nitrogen and oxygen atoms in total. The minimum absolute atomic E-state index is 0.0223. The van der Waals surface area contributed by atoms with E-state index in [0.29, 0.717) is 27.9 Å². The number of hydrogen-bond acceptors (Lipinski definition) is 5. The average molecular weight is 413 g/mol. The van der Waals surface area contributed by atoms with Crippen LogP contribution < -0.4 is 5.32 Å². The summed E-state index contributed by atoms with van der Waals surface area (Å²) in [7, 11) is 0. The highest BCUT2D eigenvalue weighted by molar-refractivity contribution is 8.26. The van der Waals surface area contributed by atoms with Crippen molar-refractivity contribution >= 4 is 51.9 Å². The van der Waals surface area contributed by atoms with Gasteiger partial charge in [0.25, 0.3) is 5.91 Å². The van der Waals surface area contributed by atoms with Crippen LogP contribution in [0.4, 0.5) is 5.69 Å². The number of aromatic hydroxyl groups is 1.